The molecular formula is C14H25N3O. The first-order chi connectivity index (χ1) is 8.79. The Kier molecular flexibility index (Phi) is 5.05. The standard InChI is InChI=1S/C14H25N3O/c1-2-16-9-11-17(12-10-16)14(18)15-8-7-13-5-3-4-6-13/h7-8,13H,2-6,9-12H2,1H3,(H,15,18)/b8-7+. The molecule has 1 N–H and O–H groups in total. The maximum absolute atomic E-state index is 11.9. The predicted molar refractivity (Wildman–Crippen MR) is 73.3 cm³/mol. The van der Waals surface area contributed by atoms with Crippen molar-refractivity contribution in [3.63, 3.8) is 0 Å². The third kappa shape index (κ3) is 3.73. The second kappa shape index (κ2) is 6.78. The van der Waals surface area contributed by atoms with E-state index in [9.17, 15) is 4.79 Å². The Morgan fingerprint density at radius 2 is 1.89 bits per heavy atom. The summed E-state index contributed by atoms with van der Waals surface area (Å²) in [5, 5.41) is 2.90. The lowest BCUT2D eigenvalue weighted by Crippen LogP contribution is -2.50. The average Bonchev–Trinajstić information content (AvgIpc) is 2.92. The highest BCUT2D eigenvalue weighted by Crippen LogP contribution is 2.25. The minimum atomic E-state index is 0.0556. The van der Waals surface area contributed by atoms with Crippen LogP contribution in [0.4, 0.5) is 4.79 Å². The minimum Gasteiger partial charge on any atom is -0.322 e. The highest BCUT2D eigenvalue weighted by Gasteiger charge is 2.19. The molecule has 0 aromatic carbocycles. The van der Waals surface area contributed by atoms with Gasteiger partial charge in [0, 0.05) is 32.4 Å². The van der Waals surface area contributed by atoms with E-state index in [1.54, 1.807) is 0 Å². The molecule has 1 saturated carbocycles. The molecule has 0 aromatic rings. The van der Waals surface area contributed by atoms with Crippen LogP contribution in [-0.4, -0.2) is 48.6 Å². The smallest absolute Gasteiger partial charge is 0.321 e. The van der Waals surface area contributed by atoms with Gasteiger partial charge in [0.15, 0.2) is 0 Å². The van der Waals surface area contributed by atoms with Crippen LogP contribution in [0.2, 0.25) is 0 Å². The van der Waals surface area contributed by atoms with Gasteiger partial charge in [-0.2, -0.15) is 0 Å². The lowest BCUT2D eigenvalue weighted by atomic mass is 10.1. The highest BCUT2D eigenvalue weighted by atomic mass is 16.2. The quantitative estimate of drug-likeness (QED) is 0.833. The zero-order valence-corrected chi connectivity index (χ0v) is 11.4. The van der Waals surface area contributed by atoms with Gasteiger partial charge in [0.25, 0.3) is 0 Å². The van der Waals surface area contributed by atoms with Gasteiger partial charge < -0.3 is 15.1 Å². The highest BCUT2D eigenvalue weighted by molar-refractivity contribution is 5.75. The third-order valence-electron chi connectivity index (χ3n) is 4.08. The first-order valence-corrected chi connectivity index (χ1v) is 7.24. The summed E-state index contributed by atoms with van der Waals surface area (Å²) in [6.07, 6.45) is 9.24. The second-order valence-corrected chi connectivity index (χ2v) is 5.27. The molecular weight excluding hydrogens is 226 g/mol. The van der Waals surface area contributed by atoms with E-state index in [0.29, 0.717) is 5.92 Å². The van der Waals surface area contributed by atoms with Crippen LogP contribution >= 0.6 is 0 Å². The summed E-state index contributed by atoms with van der Waals surface area (Å²) in [6, 6.07) is 0.0556. The van der Waals surface area contributed by atoms with Gasteiger partial charge >= 0.3 is 6.03 Å². The van der Waals surface area contributed by atoms with E-state index in [1.165, 1.54) is 25.7 Å². The summed E-state index contributed by atoms with van der Waals surface area (Å²) < 4.78 is 0. The van der Waals surface area contributed by atoms with E-state index in [-0.39, 0.29) is 6.03 Å². The number of piperazine rings is 1. The summed E-state index contributed by atoms with van der Waals surface area (Å²) in [7, 11) is 0. The van der Waals surface area contributed by atoms with Crippen LogP contribution in [0.1, 0.15) is 32.6 Å². The molecule has 1 aliphatic heterocycles. The first-order valence-electron chi connectivity index (χ1n) is 7.24. The van der Waals surface area contributed by atoms with Crippen LogP contribution in [-0.2, 0) is 0 Å². The number of hydrogen-bond donors (Lipinski definition) is 1. The Balaban J connectivity index is 1.68. The van der Waals surface area contributed by atoms with E-state index in [1.807, 2.05) is 11.1 Å². The molecule has 2 amide bonds. The average molecular weight is 251 g/mol. The molecule has 2 rings (SSSR count). The molecule has 0 atom stereocenters. The van der Waals surface area contributed by atoms with Crippen molar-refractivity contribution in [2.75, 3.05) is 32.7 Å². The van der Waals surface area contributed by atoms with Crippen molar-refractivity contribution in [1.29, 1.82) is 0 Å². The summed E-state index contributed by atoms with van der Waals surface area (Å²) >= 11 is 0. The van der Waals surface area contributed by atoms with Gasteiger partial charge in [-0.05, 0) is 25.3 Å². The number of carbonyl (C=O) groups excluding carboxylic acids is 1. The Morgan fingerprint density at radius 1 is 1.22 bits per heavy atom. The number of urea groups is 1. The zero-order valence-electron chi connectivity index (χ0n) is 11.4. The summed E-state index contributed by atoms with van der Waals surface area (Å²) in [6.45, 7) is 6.93. The van der Waals surface area contributed by atoms with Gasteiger partial charge in [-0.1, -0.05) is 25.8 Å². The molecule has 0 radical (unpaired) electrons. The van der Waals surface area contributed by atoms with E-state index >= 15 is 0 Å². The van der Waals surface area contributed by atoms with Crippen molar-refractivity contribution < 1.29 is 4.79 Å². The number of carbonyl (C=O) groups is 1. The van der Waals surface area contributed by atoms with E-state index in [4.69, 9.17) is 0 Å². The number of hydrogen-bond acceptors (Lipinski definition) is 2. The minimum absolute atomic E-state index is 0.0556. The fourth-order valence-electron chi connectivity index (χ4n) is 2.76. The number of allylic oxidation sites excluding steroid dienone is 1. The maximum atomic E-state index is 11.9. The van der Waals surface area contributed by atoms with Gasteiger partial charge in [-0.25, -0.2) is 4.79 Å². The molecule has 102 valence electrons. The number of nitrogens with one attached hydrogen (secondary N) is 1. The lowest BCUT2D eigenvalue weighted by Gasteiger charge is -2.33. The van der Waals surface area contributed by atoms with Crippen molar-refractivity contribution in [1.82, 2.24) is 15.1 Å². The summed E-state index contributed by atoms with van der Waals surface area (Å²) in [5.74, 6) is 0.683. The molecule has 0 aromatic heterocycles. The van der Waals surface area contributed by atoms with Crippen molar-refractivity contribution in [2.45, 2.75) is 32.6 Å². The first kappa shape index (κ1) is 13.4. The molecule has 1 saturated heterocycles. The van der Waals surface area contributed by atoms with Crippen LogP contribution in [0.5, 0.6) is 0 Å². The largest absolute Gasteiger partial charge is 0.322 e. The van der Waals surface area contributed by atoms with Gasteiger partial charge in [-0.15, -0.1) is 0 Å². The molecule has 1 aliphatic carbocycles. The number of likely N-dealkylation sites (N-methyl/N-ethyl adjacent to an activating group) is 1. The van der Waals surface area contributed by atoms with Crippen LogP contribution in [0.15, 0.2) is 12.3 Å². The number of nitrogens with zero attached hydrogens (tertiary/aromatic N) is 2. The van der Waals surface area contributed by atoms with Gasteiger partial charge in [0.1, 0.15) is 0 Å². The molecule has 0 bridgehead atoms. The third-order valence-corrected chi connectivity index (χ3v) is 4.08. The Labute approximate surface area is 110 Å². The SMILES string of the molecule is CCN1CCN(C(=O)N/C=C/C2CCCC2)CC1. The molecule has 0 unspecified atom stereocenters. The van der Waals surface area contributed by atoms with Gasteiger partial charge in [0.2, 0.25) is 0 Å². The fraction of sp³-hybridized carbons (Fsp3) is 0.786. The summed E-state index contributed by atoms with van der Waals surface area (Å²) in [5.41, 5.74) is 0. The zero-order chi connectivity index (χ0) is 12.8. The number of amides is 2. The van der Waals surface area contributed by atoms with E-state index < -0.39 is 0 Å². The predicted octanol–water partition coefficient (Wildman–Crippen LogP) is 2.04. The molecule has 4 heteroatoms. The Hall–Kier alpha value is -1.03. The molecule has 1 heterocycles. The molecule has 18 heavy (non-hydrogen) atoms. The topological polar surface area (TPSA) is 35.6 Å². The molecule has 0 spiro atoms. The van der Waals surface area contributed by atoms with Crippen LogP contribution in [0.3, 0.4) is 0 Å². The van der Waals surface area contributed by atoms with Crippen LogP contribution in [0, 0.1) is 5.92 Å². The molecule has 2 aliphatic rings. The van der Waals surface area contributed by atoms with Gasteiger partial charge in [-0.3, -0.25) is 0 Å². The van der Waals surface area contributed by atoms with Gasteiger partial charge in [0.05, 0.1) is 0 Å². The van der Waals surface area contributed by atoms with Crippen molar-refractivity contribution in [3.05, 3.63) is 12.3 Å². The van der Waals surface area contributed by atoms with Crippen LogP contribution in [0.25, 0.3) is 0 Å². The van der Waals surface area contributed by atoms with E-state index in [0.717, 1.165) is 32.7 Å². The van der Waals surface area contributed by atoms with Crippen molar-refractivity contribution >= 4 is 6.03 Å². The lowest BCUT2D eigenvalue weighted by molar-refractivity contribution is 0.145. The second-order valence-electron chi connectivity index (χ2n) is 5.27. The van der Waals surface area contributed by atoms with E-state index in [2.05, 4.69) is 23.2 Å². The van der Waals surface area contributed by atoms with Crippen molar-refractivity contribution in [3.8, 4) is 0 Å². The Morgan fingerprint density at radius 3 is 2.50 bits per heavy atom. The summed E-state index contributed by atoms with van der Waals surface area (Å²) in [4.78, 5) is 16.2. The normalized spacial score (nSPS) is 22.8. The fourth-order valence-corrected chi connectivity index (χ4v) is 2.76. The maximum Gasteiger partial charge on any atom is 0.321 e. The van der Waals surface area contributed by atoms with Crippen LogP contribution < -0.4 is 5.32 Å². The number of rotatable bonds is 3. The molecule has 2 fully saturated rings. The Bertz CT molecular complexity index is 289. The van der Waals surface area contributed by atoms with Crippen molar-refractivity contribution in [2.24, 2.45) is 5.92 Å². The monoisotopic (exact) mass is 251 g/mol. The molecule has 4 nitrogen and oxygen atoms in total.